The van der Waals surface area contributed by atoms with Crippen LogP contribution in [0.15, 0.2) is 12.7 Å². The maximum atomic E-state index is 9.41. The monoisotopic (exact) mass is 313 g/mol. The molecule has 0 aromatic rings. The zero-order valence-electron chi connectivity index (χ0n) is 11.0. The van der Waals surface area contributed by atoms with Crippen molar-refractivity contribution in [2.45, 2.75) is 23.7 Å². The van der Waals surface area contributed by atoms with E-state index in [0.717, 1.165) is 0 Å². The molecule has 0 rings (SSSR count). The molecule has 0 aliphatic heterocycles. The molecule has 6 nitrogen and oxygen atoms in total. The van der Waals surface area contributed by atoms with Gasteiger partial charge in [-0.05, 0) is 6.26 Å². The molecule has 0 saturated heterocycles. The summed E-state index contributed by atoms with van der Waals surface area (Å²) < 4.78 is 10.8. The molecule has 0 spiro atoms. The van der Waals surface area contributed by atoms with Gasteiger partial charge in [0.05, 0.1) is 25.1 Å². The third kappa shape index (κ3) is 8.16. The first-order valence-electron chi connectivity index (χ1n) is 5.81. The van der Waals surface area contributed by atoms with Crippen molar-refractivity contribution in [3.63, 3.8) is 0 Å². The second-order valence-electron chi connectivity index (χ2n) is 3.64. The summed E-state index contributed by atoms with van der Waals surface area (Å²) in [6.45, 7) is 3.23. The third-order valence-electron chi connectivity index (χ3n) is 2.24. The molecule has 19 heavy (non-hydrogen) atoms. The van der Waals surface area contributed by atoms with E-state index < -0.39 is 31.7 Å². The molecule has 0 saturated carbocycles. The third-order valence-corrected chi connectivity index (χ3v) is 4.33. The lowest BCUT2D eigenvalue weighted by Gasteiger charge is -2.26. The van der Waals surface area contributed by atoms with E-state index in [0.29, 0.717) is 6.61 Å². The average molecular weight is 313 g/mol. The number of aliphatic hydroxyl groups excluding tert-OH is 3. The first-order chi connectivity index (χ1) is 9.12. The highest BCUT2D eigenvalue weighted by atomic mass is 33.1. The van der Waals surface area contributed by atoms with E-state index in [4.69, 9.17) is 25.4 Å². The molecule has 4 atom stereocenters. The molecule has 114 valence electrons. The lowest BCUT2D eigenvalue weighted by molar-refractivity contribution is -0.198. The number of hydrogen-bond acceptors (Lipinski definition) is 8. The minimum absolute atomic E-state index is 0.0858. The quantitative estimate of drug-likeness (QED) is 0.219. The fourth-order valence-corrected chi connectivity index (χ4v) is 2.80. The lowest BCUT2D eigenvalue weighted by Crippen LogP contribution is -2.41. The maximum Gasteiger partial charge on any atom is 0.170 e. The fourth-order valence-electron chi connectivity index (χ4n) is 1.19. The fraction of sp³-hybridized carbons (Fsp3) is 0.818. The van der Waals surface area contributed by atoms with Gasteiger partial charge in [-0.1, -0.05) is 27.7 Å². The molecule has 0 amide bonds. The molecule has 0 aromatic heterocycles. The summed E-state index contributed by atoms with van der Waals surface area (Å²) in [5, 5.41) is 27.4. The minimum Gasteiger partial charge on any atom is -0.394 e. The van der Waals surface area contributed by atoms with Gasteiger partial charge in [-0.15, -0.1) is 6.58 Å². The Kier molecular flexibility index (Phi) is 12.1. The highest BCUT2D eigenvalue weighted by molar-refractivity contribution is 8.76. The van der Waals surface area contributed by atoms with Crippen LogP contribution >= 0.6 is 21.6 Å². The molecule has 5 N–H and O–H groups in total. The van der Waals surface area contributed by atoms with E-state index >= 15 is 0 Å². The molecule has 0 fully saturated rings. The Labute approximate surface area is 121 Å². The van der Waals surface area contributed by atoms with Gasteiger partial charge in [0.2, 0.25) is 0 Å². The van der Waals surface area contributed by atoms with E-state index in [1.54, 1.807) is 27.7 Å². The van der Waals surface area contributed by atoms with Gasteiger partial charge in [0, 0.05) is 6.54 Å². The van der Waals surface area contributed by atoms with Crippen molar-refractivity contribution >= 4 is 21.6 Å². The predicted molar refractivity (Wildman–Crippen MR) is 78.9 cm³/mol. The summed E-state index contributed by atoms with van der Waals surface area (Å²) in [7, 11) is 3.20. The highest BCUT2D eigenvalue weighted by Gasteiger charge is 2.23. The number of hydrogen-bond donors (Lipinski definition) is 4. The molecule has 0 heterocycles. The highest BCUT2D eigenvalue weighted by Crippen LogP contribution is 2.24. The van der Waals surface area contributed by atoms with Crippen LogP contribution in [0.3, 0.4) is 0 Å². The van der Waals surface area contributed by atoms with Crippen molar-refractivity contribution in [1.82, 2.24) is 0 Å². The maximum absolute atomic E-state index is 9.41. The Morgan fingerprint density at radius 3 is 2.47 bits per heavy atom. The van der Waals surface area contributed by atoms with Gasteiger partial charge in [0.15, 0.2) is 6.29 Å². The van der Waals surface area contributed by atoms with Gasteiger partial charge in [-0.3, -0.25) is 0 Å². The zero-order valence-corrected chi connectivity index (χ0v) is 12.6. The molecule has 0 bridgehead atoms. The molecule has 0 aliphatic carbocycles. The van der Waals surface area contributed by atoms with Gasteiger partial charge in [0.1, 0.15) is 12.2 Å². The van der Waals surface area contributed by atoms with Crippen molar-refractivity contribution in [3.05, 3.63) is 12.7 Å². The van der Waals surface area contributed by atoms with Crippen molar-refractivity contribution in [3.8, 4) is 0 Å². The number of ether oxygens (including phenoxy) is 2. The molecule has 0 aliphatic rings. The topological polar surface area (TPSA) is 105 Å². The van der Waals surface area contributed by atoms with E-state index in [1.807, 2.05) is 6.26 Å². The van der Waals surface area contributed by atoms with Crippen LogP contribution < -0.4 is 5.73 Å². The van der Waals surface area contributed by atoms with Gasteiger partial charge in [-0.2, -0.15) is 0 Å². The smallest absolute Gasteiger partial charge is 0.170 e. The summed E-state index contributed by atoms with van der Waals surface area (Å²) in [5.41, 5.74) is 5.51. The van der Waals surface area contributed by atoms with Crippen molar-refractivity contribution in [2.75, 3.05) is 32.6 Å². The van der Waals surface area contributed by atoms with Gasteiger partial charge in [-0.25, -0.2) is 0 Å². The van der Waals surface area contributed by atoms with E-state index in [9.17, 15) is 5.11 Å². The van der Waals surface area contributed by atoms with Crippen LogP contribution in [0.25, 0.3) is 0 Å². The summed E-state index contributed by atoms with van der Waals surface area (Å²) in [6.07, 6.45) is 0.883. The Hall–Kier alpha value is 0.200. The van der Waals surface area contributed by atoms with E-state index in [1.165, 1.54) is 0 Å². The largest absolute Gasteiger partial charge is 0.394 e. The van der Waals surface area contributed by atoms with Crippen molar-refractivity contribution in [2.24, 2.45) is 5.73 Å². The molecule has 0 aromatic carbocycles. The first-order valence-corrected chi connectivity index (χ1v) is 8.43. The summed E-state index contributed by atoms with van der Waals surface area (Å²) in [6, 6.07) is 0. The van der Waals surface area contributed by atoms with Crippen LogP contribution in [0, 0.1) is 0 Å². The van der Waals surface area contributed by atoms with Gasteiger partial charge >= 0.3 is 0 Å². The number of nitrogens with two attached hydrogens (primary N) is 1. The summed E-state index contributed by atoms with van der Waals surface area (Å²) in [5.74, 6) is 0. The predicted octanol–water partition coefficient (Wildman–Crippen LogP) is -0.416. The zero-order chi connectivity index (χ0) is 14.7. The summed E-state index contributed by atoms with van der Waals surface area (Å²) >= 11 is 0. The normalized spacial score (nSPS) is 17.7. The van der Waals surface area contributed by atoms with Crippen LogP contribution in [0.2, 0.25) is 0 Å². The standard InChI is InChI=1S/C11H23NO5S2/c1-3-8(19-18-2)7-16-11(4-12)17-10(6-14)9(15)5-13/h3,8-11,13-15H,1,4-7,12H2,2H3/t8?,9-,10?,11+/m0/s1. The van der Waals surface area contributed by atoms with E-state index in [-0.39, 0.29) is 11.8 Å². The van der Waals surface area contributed by atoms with Crippen LogP contribution in [-0.2, 0) is 9.47 Å². The van der Waals surface area contributed by atoms with Crippen LogP contribution in [0.5, 0.6) is 0 Å². The Bertz CT molecular complexity index is 235. The average Bonchev–Trinajstić information content (AvgIpc) is 2.45. The molecular weight excluding hydrogens is 290 g/mol. The molecule has 2 unspecified atom stereocenters. The molecule has 0 radical (unpaired) electrons. The number of rotatable bonds is 12. The second-order valence-corrected chi connectivity index (χ2v) is 6.35. The Morgan fingerprint density at radius 2 is 2.05 bits per heavy atom. The Morgan fingerprint density at radius 1 is 1.37 bits per heavy atom. The van der Waals surface area contributed by atoms with Gasteiger partial charge in [0.25, 0.3) is 0 Å². The van der Waals surface area contributed by atoms with Crippen LogP contribution in [0.1, 0.15) is 0 Å². The van der Waals surface area contributed by atoms with Gasteiger partial charge < -0.3 is 30.5 Å². The van der Waals surface area contributed by atoms with Crippen LogP contribution in [-0.4, -0.2) is 71.7 Å². The van der Waals surface area contributed by atoms with E-state index in [2.05, 4.69) is 6.58 Å². The molecular formula is C11H23NO5S2. The second kappa shape index (κ2) is 12.0. The van der Waals surface area contributed by atoms with Crippen molar-refractivity contribution < 1.29 is 24.8 Å². The lowest BCUT2D eigenvalue weighted by atomic mass is 10.2. The van der Waals surface area contributed by atoms with Crippen molar-refractivity contribution in [1.29, 1.82) is 0 Å². The SMILES string of the molecule is C=CC(CO[C@@H](CN)OC(CO)[C@@H](O)CO)SSC. The minimum atomic E-state index is -1.17. The molecule has 8 heteroatoms. The van der Waals surface area contributed by atoms with Crippen LogP contribution in [0.4, 0.5) is 0 Å². The Balaban J connectivity index is 4.21. The number of aliphatic hydroxyl groups is 3. The summed E-state index contributed by atoms with van der Waals surface area (Å²) in [4.78, 5) is 0. The first kappa shape index (κ1) is 19.2.